The maximum atomic E-state index is 12.6. The van der Waals surface area contributed by atoms with Crippen LogP contribution in [0.5, 0.6) is 0 Å². The standard InChI is InChI=1S/C22H24N2O2S/c1-14(2)18-8-6-17(7-9-18)12-20-21(25)24(22(26)27-20)13-23-19-10-5-15(3)16(4)11-19/h5-12,14,23H,13H2,1-4H3. The lowest BCUT2D eigenvalue weighted by Gasteiger charge is -2.15. The Morgan fingerprint density at radius 3 is 2.37 bits per heavy atom. The van der Waals surface area contributed by atoms with Crippen LogP contribution in [0.4, 0.5) is 10.5 Å². The summed E-state index contributed by atoms with van der Waals surface area (Å²) in [5.74, 6) is 0.206. The molecule has 0 unspecified atom stereocenters. The van der Waals surface area contributed by atoms with Crippen LogP contribution in [0.25, 0.3) is 6.08 Å². The van der Waals surface area contributed by atoms with Gasteiger partial charge in [0.15, 0.2) is 0 Å². The summed E-state index contributed by atoms with van der Waals surface area (Å²) in [4.78, 5) is 26.6. The Kier molecular flexibility index (Phi) is 5.71. The largest absolute Gasteiger partial charge is 0.367 e. The number of carbonyl (C=O) groups excluding carboxylic acids is 2. The normalized spacial score (nSPS) is 15.9. The maximum absolute atomic E-state index is 12.6. The number of benzene rings is 2. The predicted octanol–water partition coefficient (Wildman–Crippen LogP) is 5.53. The van der Waals surface area contributed by atoms with E-state index >= 15 is 0 Å². The molecule has 3 rings (SSSR count). The van der Waals surface area contributed by atoms with Crippen molar-refractivity contribution in [2.45, 2.75) is 33.6 Å². The minimum absolute atomic E-state index is 0.163. The van der Waals surface area contributed by atoms with Gasteiger partial charge in [0.1, 0.15) is 0 Å². The average molecular weight is 381 g/mol. The van der Waals surface area contributed by atoms with E-state index in [1.165, 1.54) is 21.6 Å². The van der Waals surface area contributed by atoms with Gasteiger partial charge in [0.2, 0.25) is 0 Å². The quantitative estimate of drug-likeness (QED) is 0.693. The van der Waals surface area contributed by atoms with Crippen LogP contribution in [0.15, 0.2) is 47.4 Å². The second-order valence-electron chi connectivity index (χ2n) is 7.07. The summed E-state index contributed by atoms with van der Waals surface area (Å²) in [5, 5.41) is 2.91. The van der Waals surface area contributed by atoms with Crippen molar-refractivity contribution in [3.8, 4) is 0 Å². The molecule has 4 nitrogen and oxygen atoms in total. The molecule has 2 aromatic carbocycles. The molecule has 0 aliphatic carbocycles. The van der Waals surface area contributed by atoms with Gasteiger partial charge in [-0.2, -0.15) is 0 Å². The third-order valence-corrected chi connectivity index (χ3v) is 5.63. The topological polar surface area (TPSA) is 49.4 Å². The lowest BCUT2D eigenvalue weighted by Crippen LogP contribution is -2.33. The van der Waals surface area contributed by atoms with Crippen molar-refractivity contribution in [3.63, 3.8) is 0 Å². The molecule has 2 amide bonds. The van der Waals surface area contributed by atoms with Gasteiger partial charge in [-0.15, -0.1) is 0 Å². The molecule has 1 aliphatic rings. The van der Waals surface area contributed by atoms with E-state index < -0.39 is 0 Å². The molecular formula is C22H24N2O2S. The monoisotopic (exact) mass is 380 g/mol. The summed E-state index contributed by atoms with van der Waals surface area (Å²) < 4.78 is 0. The number of nitrogens with zero attached hydrogens (tertiary/aromatic N) is 1. The number of imide groups is 1. The number of thioether (sulfide) groups is 1. The first kappa shape index (κ1) is 19.2. The summed E-state index contributed by atoms with van der Waals surface area (Å²) in [7, 11) is 0. The molecule has 27 heavy (non-hydrogen) atoms. The maximum Gasteiger partial charge on any atom is 0.295 e. The van der Waals surface area contributed by atoms with Gasteiger partial charge in [0, 0.05) is 5.69 Å². The Labute approximate surface area is 164 Å². The highest BCUT2D eigenvalue weighted by molar-refractivity contribution is 8.18. The fraction of sp³-hybridized carbons (Fsp3) is 0.273. The highest BCUT2D eigenvalue weighted by Gasteiger charge is 2.34. The molecular weight excluding hydrogens is 356 g/mol. The molecule has 0 bridgehead atoms. The Bertz CT molecular complexity index is 901. The van der Waals surface area contributed by atoms with E-state index in [1.807, 2.05) is 44.2 Å². The molecule has 0 spiro atoms. The van der Waals surface area contributed by atoms with Gasteiger partial charge in [-0.3, -0.25) is 14.5 Å². The van der Waals surface area contributed by atoms with Crippen LogP contribution in [-0.4, -0.2) is 22.7 Å². The third-order valence-electron chi connectivity index (χ3n) is 4.72. The number of aryl methyl sites for hydroxylation is 2. The van der Waals surface area contributed by atoms with E-state index in [1.54, 1.807) is 6.08 Å². The lowest BCUT2D eigenvalue weighted by atomic mass is 10.0. The second kappa shape index (κ2) is 8.01. The second-order valence-corrected chi connectivity index (χ2v) is 8.06. The molecule has 0 saturated carbocycles. The summed E-state index contributed by atoms with van der Waals surface area (Å²) in [6.45, 7) is 8.53. The number of anilines is 1. The van der Waals surface area contributed by atoms with Crippen LogP contribution in [-0.2, 0) is 4.79 Å². The zero-order valence-electron chi connectivity index (χ0n) is 16.1. The van der Waals surface area contributed by atoms with E-state index in [9.17, 15) is 9.59 Å². The molecule has 1 aliphatic heterocycles. The molecule has 1 N–H and O–H groups in total. The first-order chi connectivity index (χ1) is 12.8. The number of amides is 2. The van der Waals surface area contributed by atoms with Crippen LogP contribution in [0.1, 0.15) is 42.0 Å². The molecule has 1 fully saturated rings. The van der Waals surface area contributed by atoms with Crippen LogP contribution < -0.4 is 5.32 Å². The fourth-order valence-electron chi connectivity index (χ4n) is 2.79. The SMILES string of the molecule is Cc1ccc(NCN2C(=O)SC(=Cc3ccc(C(C)C)cc3)C2=O)cc1C. The van der Waals surface area contributed by atoms with Gasteiger partial charge in [-0.25, -0.2) is 0 Å². The predicted molar refractivity (Wildman–Crippen MR) is 113 cm³/mol. The number of hydrogen-bond acceptors (Lipinski definition) is 4. The first-order valence-corrected chi connectivity index (χ1v) is 9.83. The Morgan fingerprint density at radius 1 is 1.04 bits per heavy atom. The van der Waals surface area contributed by atoms with Crippen molar-refractivity contribution in [1.82, 2.24) is 4.90 Å². The Morgan fingerprint density at radius 2 is 1.74 bits per heavy atom. The van der Waals surface area contributed by atoms with E-state index in [0.29, 0.717) is 10.8 Å². The van der Waals surface area contributed by atoms with E-state index in [2.05, 4.69) is 31.3 Å². The number of carbonyl (C=O) groups is 2. The lowest BCUT2D eigenvalue weighted by molar-refractivity contribution is -0.122. The summed E-state index contributed by atoms with van der Waals surface area (Å²) in [6.07, 6.45) is 1.78. The van der Waals surface area contributed by atoms with E-state index in [0.717, 1.165) is 23.0 Å². The summed E-state index contributed by atoms with van der Waals surface area (Å²) in [5.41, 5.74) is 5.44. The van der Waals surface area contributed by atoms with Crippen LogP contribution in [0, 0.1) is 13.8 Å². The molecule has 1 heterocycles. The van der Waals surface area contributed by atoms with Gasteiger partial charge in [0.05, 0.1) is 11.6 Å². The molecule has 2 aromatic rings. The Balaban J connectivity index is 1.69. The van der Waals surface area contributed by atoms with E-state index in [-0.39, 0.29) is 17.8 Å². The molecule has 0 atom stereocenters. The molecule has 0 aromatic heterocycles. The minimum Gasteiger partial charge on any atom is -0.367 e. The zero-order valence-corrected chi connectivity index (χ0v) is 16.9. The summed E-state index contributed by atoms with van der Waals surface area (Å²) in [6, 6.07) is 14.1. The van der Waals surface area contributed by atoms with Gasteiger partial charge >= 0.3 is 0 Å². The number of nitrogens with one attached hydrogen (secondary N) is 1. The smallest absolute Gasteiger partial charge is 0.295 e. The number of hydrogen-bond donors (Lipinski definition) is 1. The highest BCUT2D eigenvalue weighted by atomic mass is 32.2. The van der Waals surface area contributed by atoms with Gasteiger partial charge in [-0.1, -0.05) is 44.2 Å². The Hall–Kier alpha value is -2.53. The average Bonchev–Trinajstić information content (AvgIpc) is 2.90. The van der Waals surface area contributed by atoms with Crippen LogP contribution in [0.2, 0.25) is 0 Å². The molecule has 0 radical (unpaired) electrons. The van der Waals surface area contributed by atoms with E-state index in [4.69, 9.17) is 0 Å². The van der Waals surface area contributed by atoms with Crippen molar-refractivity contribution in [2.75, 3.05) is 12.0 Å². The van der Waals surface area contributed by atoms with Crippen molar-refractivity contribution < 1.29 is 9.59 Å². The third kappa shape index (κ3) is 4.42. The number of rotatable bonds is 5. The molecule has 5 heteroatoms. The van der Waals surface area contributed by atoms with Crippen molar-refractivity contribution in [2.24, 2.45) is 0 Å². The van der Waals surface area contributed by atoms with Crippen molar-refractivity contribution >= 4 is 34.7 Å². The highest BCUT2D eigenvalue weighted by Crippen LogP contribution is 2.32. The van der Waals surface area contributed by atoms with Crippen LogP contribution >= 0.6 is 11.8 Å². The van der Waals surface area contributed by atoms with Gasteiger partial charge in [0.25, 0.3) is 11.1 Å². The zero-order chi connectivity index (χ0) is 19.6. The summed E-state index contributed by atoms with van der Waals surface area (Å²) >= 11 is 0.986. The van der Waals surface area contributed by atoms with Gasteiger partial charge in [-0.05, 0) is 72.0 Å². The fourth-order valence-corrected chi connectivity index (χ4v) is 3.62. The van der Waals surface area contributed by atoms with Gasteiger partial charge < -0.3 is 5.32 Å². The van der Waals surface area contributed by atoms with Crippen molar-refractivity contribution in [3.05, 3.63) is 69.6 Å². The molecule has 1 saturated heterocycles. The molecule has 140 valence electrons. The van der Waals surface area contributed by atoms with Crippen LogP contribution in [0.3, 0.4) is 0 Å². The first-order valence-electron chi connectivity index (χ1n) is 9.01. The van der Waals surface area contributed by atoms with Crippen molar-refractivity contribution in [1.29, 1.82) is 0 Å². The minimum atomic E-state index is -0.255.